The van der Waals surface area contributed by atoms with Gasteiger partial charge in [-0.05, 0) is 55.3 Å². The van der Waals surface area contributed by atoms with Gasteiger partial charge in [-0.15, -0.1) is 0 Å². The maximum Gasteiger partial charge on any atom is 0.251 e. The van der Waals surface area contributed by atoms with E-state index in [1.54, 1.807) is 31.2 Å². The van der Waals surface area contributed by atoms with Gasteiger partial charge in [0.2, 0.25) is 10.0 Å². The fourth-order valence-corrected chi connectivity index (χ4v) is 4.78. The van der Waals surface area contributed by atoms with Crippen LogP contribution in [0.4, 0.5) is 10.1 Å². The Kier molecular flexibility index (Phi) is 6.54. The van der Waals surface area contributed by atoms with Crippen molar-refractivity contribution in [2.45, 2.75) is 25.2 Å². The van der Waals surface area contributed by atoms with Gasteiger partial charge in [-0.3, -0.25) is 4.79 Å². The van der Waals surface area contributed by atoms with Crippen LogP contribution in [0.25, 0.3) is 0 Å². The molecule has 1 aliphatic rings. The summed E-state index contributed by atoms with van der Waals surface area (Å²) in [4.78, 5) is 14.5. The van der Waals surface area contributed by atoms with E-state index in [-0.39, 0.29) is 16.6 Å². The molecule has 156 valence electrons. The number of carbonyl (C=O) groups excluding carboxylic acids is 1. The van der Waals surface area contributed by atoms with Crippen LogP contribution >= 0.6 is 0 Å². The Labute approximate surface area is 171 Å². The van der Waals surface area contributed by atoms with Crippen molar-refractivity contribution in [1.29, 1.82) is 0 Å². The van der Waals surface area contributed by atoms with Crippen LogP contribution in [-0.4, -0.2) is 51.4 Å². The van der Waals surface area contributed by atoms with Gasteiger partial charge in [-0.1, -0.05) is 13.0 Å². The largest absolute Gasteiger partial charge is 0.369 e. The van der Waals surface area contributed by atoms with Crippen molar-refractivity contribution in [3.63, 3.8) is 0 Å². The van der Waals surface area contributed by atoms with Gasteiger partial charge < -0.3 is 10.2 Å². The first-order valence-electron chi connectivity index (χ1n) is 9.72. The topological polar surface area (TPSA) is 69.7 Å². The summed E-state index contributed by atoms with van der Waals surface area (Å²) in [7, 11) is -3.70. The van der Waals surface area contributed by atoms with Crippen LogP contribution in [0.15, 0.2) is 47.4 Å². The monoisotopic (exact) mass is 419 g/mol. The highest BCUT2D eigenvalue weighted by molar-refractivity contribution is 7.89. The lowest BCUT2D eigenvalue weighted by Gasteiger charge is -2.35. The van der Waals surface area contributed by atoms with E-state index in [0.717, 1.165) is 17.7 Å². The molecule has 6 nitrogen and oxygen atoms in total. The molecule has 0 bridgehead atoms. The zero-order valence-corrected chi connectivity index (χ0v) is 17.5. The number of anilines is 1. The van der Waals surface area contributed by atoms with E-state index in [2.05, 4.69) is 5.32 Å². The van der Waals surface area contributed by atoms with Gasteiger partial charge in [0.05, 0.1) is 4.90 Å². The lowest BCUT2D eigenvalue weighted by Crippen LogP contribution is -2.48. The number of hydrogen-bond acceptors (Lipinski definition) is 4. The summed E-state index contributed by atoms with van der Waals surface area (Å²) < 4.78 is 40.8. The van der Waals surface area contributed by atoms with Gasteiger partial charge in [0, 0.05) is 44.0 Å². The number of halogens is 1. The van der Waals surface area contributed by atoms with Crippen LogP contribution < -0.4 is 10.2 Å². The number of piperazine rings is 1. The number of nitrogens with one attached hydrogen (secondary N) is 1. The molecule has 3 rings (SSSR count). The Morgan fingerprint density at radius 2 is 1.72 bits per heavy atom. The summed E-state index contributed by atoms with van der Waals surface area (Å²) in [5.74, 6) is -0.560. The molecule has 0 saturated carbocycles. The van der Waals surface area contributed by atoms with Crippen molar-refractivity contribution in [2.24, 2.45) is 0 Å². The fourth-order valence-electron chi connectivity index (χ4n) is 3.33. The van der Waals surface area contributed by atoms with E-state index in [1.807, 2.05) is 11.8 Å². The lowest BCUT2D eigenvalue weighted by molar-refractivity contribution is 0.0953. The molecule has 0 spiro atoms. The molecule has 1 amide bonds. The predicted octanol–water partition coefficient (Wildman–Crippen LogP) is 2.78. The molecule has 1 N–H and O–H groups in total. The Morgan fingerprint density at radius 1 is 1.07 bits per heavy atom. The van der Waals surface area contributed by atoms with Gasteiger partial charge in [0.15, 0.2) is 0 Å². The molecule has 0 unspecified atom stereocenters. The summed E-state index contributed by atoms with van der Waals surface area (Å²) in [6, 6.07) is 10.9. The third-order valence-electron chi connectivity index (χ3n) is 5.06. The molecule has 0 atom stereocenters. The summed E-state index contributed by atoms with van der Waals surface area (Å²) in [6.45, 7) is 5.97. The second-order valence-electron chi connectivity index (χ2n) is 7.10. The van der Waals surface area contributed by atoms with E-state index < -0.39 is 10.0 Å². The van der Waals surface area contributed by atoms with Crippen molar-refractivity contribution in [2.75, 3.05) is 37.6 Å². The fraction of sp³-hybridized carbons (Fsp3) is 0.381. The highest BCUT2D eigenvalue weighted by Gasteiger charge is 2.29. The number of aryl methyl sites for hydroxylation is 1. The predicted molar refractivity (Wildman–Crippen MR) is 111 cm³/mol. The maximum atomic E-state index is 13.1. The smallest absolute Gasteiger partial charge is 0.251 e. The summed E-state index contributed by atoms with van der Waals surface area (Å²) in [5.41, 5.74) is 1.98. The highest BCUT2D eigenvalue weighted by atomic mass is 32.2. The standard InChI is InChI=1S/C21H26FN3O3S/c1-3-10-23-21(26)20-15-19(9-4-16(20)2)29(27,28)25-13-11-24(12-14-25)18-7-5-17(22)6-8-18/h4-9,15H,3,10-14H2,1-2H3,(H,23,26). The number of hydrogen-bond donors (Lipinski definition) is 1. The third kappa shape index (κ3) is 4.76. The first kappa shape index (κ1) is 21.3. The molecule has 0 radical (unpaired) electrons. The number of carbonyl (C=O) groups is 1. The van der Waals surface area contributed by atoms with E-state index in [9.17, 15) is 17.6 Å². The minimum Gasteiger partial charge on any atom is -0.369 e. The van der Waals surface area contributed by atoms with E-state index in [0.29, 0.717) is 38.3 Å². The molecule has 29 heavy (non-hydrogen) atoms. The molecule has 1 aliphatic heterocycles. The molecule has 1 heterocycles. The molecule has 1 fully saturated rings. The Balaban J connectivity index is 1.74. The second kappa shape index (κ2) is 8.92. The van der Waals surface area contributed by atoms with Crippen LogP contribution in [0, 0.1) is 12.7 Å². The number of sulfonamides is 1. The van der Waals surface area contributed by atoms with Gasteiger partial charge in [-0.25, -0.2) is 12.8 Å². The summed E-state index contributed by atoms with van der Waals surface area (Å²) in [5, 5.41) is 2.79. The minimum absolute atomic E-state index is 0.125. The molecule has 1 saturated heterocycles. The minimum atomic E-state index is -3.70. The van der Waals surface area contributed by atoms with Crippen LogP contribution in [-0.2, 0) is 10.0 Å². The number of benzene rings is 2. The zero-order valence-electron chi connectivity index (χ0n) is 16.7. The van der Waals surface area contributed by atoms with E-state index in [1.165, 1.54) is 22.5 Å². The molecule has 8 heteroatoms. The van der Waals surface area contributed by atoms with Crippen LogP contribution in [0.2, 0.25) is 0 Å². The van der Waals surface area contributed by atoms with Gasteiger partial charge >= 0.3 is 0 Å². The van der Waals surface area contributed by atoms with Crippen molar-refractivity contribution in [3.8, 4) is 0 Å². The molecule has 0 aromatic heterocycles. The van der Waals surface area contributed by atoms with Crippen molar-refractivity contribution >= 4 is 21.6 Å². The average molecular weight is 420 g/mol. The molecular formula is C21H26FN3O3S. The molecule has 2 aromatic carbocycles. The Morgan fingerprint density at radius 3 is 2.34 bits per heavy atom. The second-order valence-corrected chi connectivity index (χ2v) is 9.04. The van der Waals surface area contributed by atoms with Crippen LogP contribution in [0.3, 0.4) is 0 Å². The molecular weight excluding hydrogens is 393 g/mol. The molecule has 0 aliphatic carbocycles. The summed E-state index contributed by atoms with van der Waals surface area (Å²) in [6.07, 6.45) is 0.807. The highest BCUT2D eigenvalue weighted by Crippen LogP contribution is 2.23. The first-order chi connectivity index (χ1) is 13.8. The molecule has 2 aromatic rings. The van der Waals surface area contributed by atoms with Gasteiger partial charge in [0.25, 0.3) is 5.91 Å². The van der Waals surface area contributed by atoms with Crippen molar-refractivity contribution in [3.05, 3.63) is 59.4 Å². The number of amides is 1. The quantitative estimate of drug-likeness (QED) is 0.782. The summed E-state index contributed by atoms with van der Waals surface area (Å²) >= 11 is 0. The van der Waals surface area contributed by atoms with Gasteiger partial charge in [0.1, 0.15) is 5.82 Å². The van der Waals surface area contributed by atoms with Crippen molar-refractivity contribution < 1.29 is 17.6 Å². The SMILES string of the molecule is CCCNC(=O)c1cc(S(=O)(=O)N2CCN(c3ccc(F)cc3)CC2)ccc1C. The Hall–Kier alpha value is -2.45. The zero-order chi connectivity index (χ0) is 21.0. The van der Waals surface area contributed by atoms with Crippen LogP contribution in [0.5, 0.6) is 0 Å². The first-order valence-corrected chi connectivity index (χ1v) is 11.2. The number of rotatable bonds is 6. The third-order valence-corrected chi connectivity index (χ3v) is 6.95. The number of nitrogens with zero attached hydrogens (tertiary/aromatic N) is 2. The van der Waals surface area contributed by atoms with E-state index >= 15 is 0 Å². The average Bonchev–Trinajstić information content (AvgIpc) is 2.73. The lowest BCUT2D eigenvalue weighted by atomic mass is 10.1. The Bertz CT molecular complexity index is 969. The van der Waals surface area contributed by atoms with E-state index in [4.69, 9.17) is 0 Å². The maximum absolute atomic E-state index is 13.1. The normalized spacial score (nSPS) is 15.3. The van der Waals surface area contributed by atoms with Crippen molar-refractivity contribution in [1.82, 2.24) is 9.62 Å². The van der Waals surface area contributed by atoms with Gasteiger partial charge in [-0.2, -0.15) is 4.31 Å². The van der Waals surface area contributed by atoms with Crippen LogP contribution in [0.1, 0.15) is 29.3 Å².